The number of carbonyl (C=O) groups is 1. The molecular formula is C20H33N3O2. The van der Waals surface area contributed by atoms with Crippen molar-refractivity contribution < 1.29 is 9.53 Å². The summed E-state index contributed by atoms with van der Waals surface area (Å²) in [5.74, 6) is 2.04. The number of carbonyl (C=O) groups excluding carboxylic acids is 1. The third kappa shape index (κ3) is 7.45. The number of ether oxygens (including phenoxy) is 1. The second-order valence-corrected chi connectivity index (χ2v) is 7.36. The Morgan fingerprint density at radius 1 is 1.44 bits per heavy atom. The summed E-state index contributed by atoms with van der Waals surface area (Å²) in [6.45, 7) is 6.45. The van der Waals surface area contributed by atoms with Gasteiger partial charge in [-0.3, -0.25) is 4.79 Å². The number of piperidine rings is 1. The van der Waals surface area contributed by atoms with Gasteiger partial charge >= 0.3 is 0 Å². The van der Waals surface area contributed by atoms with E-state index in [0.717, 1.165) is 30.9 Å². The van der Waals surface area contributed by atoms with E-state index in [1.807, 2.05) is 38.4 Å². The van der Waals surface area contributed by atoms with E-state index in [0.29, 0.717) is 31.4 Å². The predicted octanol–water partition coefficient (Wildman–Crippen LogP) is 2.27. The van der Waals surface area contributed by atoms with E-state index in [2.05, 4.69) is 22.5 Å². The van der Waals surface area contributed by atoms with Crippen molar-refractivity contribution in [3.8, 4) is 5.75 Å². The van der Waals surface area contributed by atoms with Gasteiger partial charge in [0, 0.05) is 19.5 Å². The van der Waals surface area contributed by atoms with Gasteiger partial charge in [0.1, 0.15) is 12.4 Å². The second kappa shape index (κ2) is 10.4. The Balaban J connectivity index is 1.73. The molecule has 0 bridgehead atoms. The monoisotopic (exact) mass is 347 g/mol. The number of hydrogen-bond acceptors (Lipinski definition) is 4. The Labute approximate surface area is 152 Å². The van der Waals surface area contributed by atoms with Gasteiger partial charge in [0.2, 0.25) is 5.91 Å². The van der Waals surface area contributed by atoms with Crippen LogP contribution >= 0.6 is 0 Å². The molecule has 0 saturated carbocycles. The van der Waals surface area contributed by atoms with Crippen LogP contribution in [0.3, 0.4) is 0 Å². The minimum atomic E-state index is 0.136. The van der Waals surface area contributed by atoms with Gasteiger partial charge in [0.15, 0.2) is 0 Å². The van der Waals surface area contributed by atoms with Crippen molar-refractivity contribution in [3.05, 3.63) is 29.8 Å². The standard InChI is InChI=1S/C20H33N3O2/c1-16(18-7-5-9-21-15-18)12-20(24)22-14-17-6-4-8-19(13-17)25-11-10-23(2)3/h4,6,8,13,16,18,21H,5,7,9-12,14-15H2,1-3H3,(H,22,24). The molecule has 1 aromatic rings. The highest BCUT2D eigenvalue weighted by atomic mass is 16.5. The topological polar surface area (TPSA) is 53.6 Å². The van der Waals surface area contributed by atoms with E-state index in [9.17, 15) is 4.79 Å². The van der Waals surface area contributed by atoms with Crippen LogP contribution < -0.4 is 15.4 Å². The van der Waals surface area contributed by atoms with Crippen molar-refractivity contribution in [1.29, 1.82) is 0 Å². The molecule has 0 aliphatic carbocycles. The molecule has 140 valence electrons. The minimum Gasteiger partial charge on any atom is -0.492 e. The fraction of sp³-hybridized carbons (Fsp3) is 0.650. The zero-order valence-corrected chi connectivity index (χ0v) is 15.9. The molecule has 1 aromatic carbocycles. The van der Waals surface area contributed by atoms with Crippen molar-refractivity contribution >= 4 is 5.91 Å². The van der Waals surface area contributed by atoms with Crippen LogP contribution in [-0.4, -0.2) is 51.1 Å². The van der Waals surface area contributed by atoms with Crippen LogP contribution in [0, 0.1) is 11.8 Å². The Morgan fingerprint density at radius 2 is 2.28 bits per heavy atom. The molecule has 2 rings (SSSR count). The summed E-state index contributed by atoms with van der Waals surface area (Å²) >= 11 is 0. The number of amides is 1. The molecule has 5 heteroatoms. The lowest BCUT2D eigenvalue weighted by Gasteiger charge is -2.28. The molecule has 2 unspecified atom stereocenters. The highest BCUT2D eigenvalue weighted by molar-refractivity contribution is 5.76. The van der Waals surface area contributed by atoms with Crippen LogP contribution in [0.1, 0.15) is 31.7 Å². The van der Waals surface area contributed by atoms with Crippen LogP contribution in [0.25, 0.3) is 0 Å². The summed E-state index contributed by atoms with van der Waals surface area (Å²) in [4.78, 5) is 14.3. The van der Waals surface area contributed by atoms with Crippen molar-refractivity contribution in [2.75, 3.05) is 40.3 Å². The van der Waals surface area contributed by atoms with E-state index in [1.165, 1.54) is 12.8 Å². The Bertz CT molecular complexity index is 527. The van der Waals surface area contributed by atoms with E-state index in [1.54, 1.807) is 0 Å². The van der Waals surface area contributed by atoms with Gasteiger partial charge in [0.05, 0.1) is 0 Å². The van der Waals surface area contributed by atoms with Gasteiger partial charge in [-0.25, -0.2) is 0 Å². The van der Waals surface area contributed by atoms with Crippen LogP contribution in [0.4, 0.5) is 0 Å². The molecule has 1 saturated heterocycles. The number of benzene rings is 1. The van der Waals surface area contributed by atoms with E-state index in [-0.39, 0.29) is 5.91 Å². The summed E-state index contributed by atoms with van der Waals surface area (Å²) in [6, 6.07) is 7.96. The first-order chi connectivity index (χ1) is 12.0. The molecular weight excluding hydrogens is 314 g/mol. The highest BCUT2D eigenvalue weighted by Gasteiger charge is 2.21. The number of rotatable bonds is 9. The summed E-state index contributed by atoms with van der Waals surface area (Å²) in [7, 11) is 4.05. The number of nitrogens with zero attached hydrogens (tertiary/aromatic N) is 1. The van der Waals surface area contributed by atoms with Crippen molar-refractivity contribution in [2.45, 2.75) is 32.7 Å². The zero-order valence-electron chi connectivity index (χ0n) is 15.9. The molecule has 1 amide bonds. The highest BCUT2D eigenvalue weighted by Crippen LogP contribution is 2.22. The SMILES string of the molecule is CC(CC(=O)NCc1cccc(OCCN(C)C)c1)C1CCCNC1. The first-order valence-electron chi connectivity index (χ1n) is 9.38. The molecule has 0 aromatic heterocycles. The lowest BCUT2D eigenvalue weighted by molar-refractivity contribution is -0.122. The van der Waals surface area contributed by atoms with Crippen molar-refractivity contribution in [3.63, 3.8) is 0 Å². The first kappa shape index (κ1) is 19.7. The molecule has 0 radical (unpaired) electrons. The Hall–Kier alpha value is -1.59. The zero-order chi connectivity index (χ0) is 18.1. The van der Waals surface area contributed by atoms with Gasteiger partial charge in [-0.2, -0.15) is 0 Å². The van der Waals surface area contributed by atoms with Crippen LogP contribution in [0.2, 0.25) is 0 Å². The van der Waals surface area contributed by atoms with E-state index in [4.69, 9.17) is 4.74 Å². The molecule has 1 aliphatic rings. The maximum atomic E-state index is 12.2. The van der Waals surface area contributed by atoms with Crippen molar-refractivity contribution in [1.82, 2.24) is 15.5 Å². The molecule has 2 N–H and O–H groups in total. The van der Waals surface area contributed by atoms with Crippen LogP contribution in [-0.2, 0) is 11.3 Å². The fourth-order valence-corrected chi connectivity index (χ4v) is 3.19. The minimum absolute atomic E-state index is 0.136. The average Bonchev–Trinajstić information content (AvgIpc) is 2.61. The van der Waals surface area contributed by atoms with Gasteiger partial charge in [-0.15, -0.1) is 0 Å². The summed E-state index contributed by atoms with van der Waals surface area (Å²) < 4.78 is 5.75. The predicted molar refractivity (Wildman–Crippen MR) is 102 cm³/mol. The molecule has 5 nitrogen and oxygen atoms in total. The summed E-state index contributed by atoms with van der Waals surface area (Å²) in [6.07, 6.45) is 3.05. The number of hydrogen-bond donors (Lipinski definition) is 2. The molecule has 25 heavy (non-hydrogen) atoms. The fourth-order valence-electron chi connectivity index (χ4n) is 3.19. The van der Waals surface area contributed by atoms with Crippen molar-refractivity contribution in [2.24, 2.45) is 11.8 Å². The molecule has 2 atom stereocenters. The molecule has 1 fully saturated rings. The first-order valence-corrected chi connectivity index (χ1v) is 9.38. The average molecular weight is 348 g/mol. The van der Waals surface area contributed by atoms with Gasteiger partial charge in [0.25, 0.3) is 0 Å². The largest absolute Gasteiger partial charge is 0.492 e. The molecule has 1 aliphatic heterocycles. The third-order valence-electron chi connectivity index (χ3n) is 4.84. The normalized spacial score (nSPS) is 18.8. The lowest BCUT2D eigenvalue weighted by Crippen LogP contribution is -2.35. The third-order valence-corrected chi connectivity index (χ3v) is 4.84. The van der Waals surface area contributed by atoms with Crippen LogP contribution in [0.15, 0.2) is 24.3 Å². The molecule has 1 heterocycles. The van der Waals surface area contributed by atoms with E-state index >= 15 is 0 Å². The lowest BCUT2D eigenvalue weighted by atomic mass is 9.85. The smallest absolute Gasteiger partial charge is 0.220 e. The Kier molecular flexibility index (Phi) is 8.22. The number of likely N-dealkylation sites (N-methyl/N-ethyl adjacent to an activating group) is 1. The number of nitrogens with one attached hydrogen (secondary N) is 2. The second-order valence-electron chi connectivity index (χ2n) is 7.36. The summed E-state index contributed by atoms with van der Waals surface area (Å²) in [5.41, 5.74) is 1.07. The summed E-state index contributed by atoms with van der Waals surface area (Å²) in [5, 5.41) is 6.48. The quantitative estimate of drug-likeness (QED) is 0.719. The van der Waals surface area contributed by atoms with E-state index < -0.39 is 0 Å². The maximum absolute atomic E-state index is 12.2. The Morgan fingerprint density at radius 3 is 3.00 bits per heavy atom. The van der Waals surface area contributed by atoms with Gasteiger partial charge in [-0.05, 0) is 69.6 Å². The van der Waals surface area contributed by atoms with Gasteiger partial charge < -0.3 is 20.3 Å². The van der Waals surface area contributed by atoms with Gasteiger partial charge in [-0.1, -0.05) is 19.1 Å². The molecule has 0 spiro atoms. The maximum Gasteiger partial charge on any atom is 0.220 e. The van der Waals surface area contributed by atoms with Crippen LogP contribution in [0.5, 0.6) is 5.75 Å².